The predicted molar refractivity (Wildman–Crippen MR) is 97.8 cm³/mol. The fourth-order valence-corrected chi connectivity index (χ4v) is 3.75. The van der Waals surface area contributed by atoms with Crippen molar-refractivity contribution < 1.29 is 14.3 Å². The van der Waals surface area contributed by atoms with Crippen molar-refractivity contribution in [1.29, 1.82) is 0 Å². The number of nitrogens with one attached hydrogen (secondary N) is 1. The van der Waals surface area contributed by atoms with E-state index in [2.05, 4.69) is 5.32 Å². The van der Waals surface area contributed by atoms with E-state index in [0.29, 0.717) is 21.2 Å². The maximum atomic E-state index is 12.2. The van der Waals surface area contributed by atoms with Gasteiger partial charge < -0.3 is 15.1 Å². The van der Waals surface area contributed by atoms with Gasteiger partial charge in [-0.25, -0.2) is 4.79 Å². The van der Waals surface area contributed by atoms with E-state index in [9.17, 15) is 14.3 Å². The first kappa shape index (κ1) is 18.8. The maximum absolute atomic E-state index is 12.2. The van der Waals surface area contributed by atoms with E-state index in [-0.39, 0.29) is 11.3 Å². The monoisotopic (exact) mass is 386 g/mol. The van der Waals surface area contributed by atoms with Crippen LogP contribution >= 0.6 is 31.2 Å². The van der Waals surface area contributed by atoms with E-state index in [4.69, 9.17) is 23.2 Å². The normalized spacial score (nSPS) is 13.2. The first-order valence-electron chi connectivity index (χ1n) is 7.08. The Morgan fingerprint density at radius 3 is 2.46 bits per heavy atom. The molecule has 5 nitrogen and oxygen atoms in total. The Morgan fingerprint density at radius 2 is 1.88 bits per heavy atom. The van der Waals surface area contributed by atoms with E-state index in [0.717, 1.165) is 0 Å². The zero-order valence-electron chi connectivity index (χ0n) is 13.1. The number of rotatable bonds is 4. The lowest BCUT2D eigenvalue weighted by atomic mass is 9.97. The van der Waals surface area contributed by atoms with Gasteiger partial charge in [0.1, 0.15) is 0 Å². The molecule has 128 valence electrons. The molecule has 2 unspecified atom stereocenters. The minimum Gasteiger partial charge on any atom is -0.343 e. The lowest BCUT2D eigenvalue weighted by molar-refractivity contribution is 0.201. The number of halogens is 2. The van der Waals surface area contributed by atoms with Gasteiger partial charge in [-0.15, -0.1) is 0 Å². The third-order valence-electron chi connectivity index (χ3n) is 3.66. The summed E-state index contributed by atoms with van der Waals surface area (Å²) in [6, 6.07) is 10.7. The zero-order valence-corrected chi connectivity index (χ0v) is 15.6. The SMILES string of the molecule is CNC(=O)N(C)C(c1ccc(Cl)cc1Cl)c1ccccc1[PH](=O)O. The average Bonchev–Trinajstić information content (AvgIpc) is 2.56. The molecule has 8 heteroatoms. The van der Waals surface area contributed by atoms with Gasteiger partial charge in [-0.1, -0.05) is 47.5 Å². The summed E-state index contributed by atoms with van der Waals surface area (Å²) in [5, 5.41) is 3.67. The minimum atomic E-state index is -2.96. The molecule has 2 amide bonds. The van der Waals surface area contributed by atoms with Gasteiger partial charge in [-0.3, -0.25) is 4.57 Å². The van der Waals surface area contributed by atoms with Gasteiger partial charge in [0.05, 0.1) is 6.04 Å². The standard InChI is InChI=1S/C16H17Cl2N2O3P/c1-19-16(21)20(2)15(11-8-7-10(17)9-13(11)18)12-5-3-4-6-14(12)24(22)23/h3-9,15,24H,1-2H3,(H,19,21)(H,22,23). The topological polar surface area (TPSA) is 69.6 Å². The quantitative estimate of drug-likeness (QED) is 0.790. The Bertz CT molecular complexity index is 786. The van der Waals surface area contributed by atoms with Gasteiger partial charge in [-0.05, 0) is 29.3 Å². The molecule has 24 heavy (non-hydrogen) atoms. The summed E-state index contributed by atoms with van der Waals surface area (Å²) < 4.78 is 11.8. The predicted octanol–water partition coefficient (Wildman–Crippen LogP) is 3.45. The molecule has 2 rings (SSSR count). The van der Waals surface area contributed by atoms with Crippen LogP contribution in [0.5, 0.6) is 0 Å². The summed E-state index contributed by atoms with van der Waals surface area (Å²) in [5.74, 6) is 0. The van der Waals surface area contributed by atoms with Gasteiger partial charge in [0.15, 0.2) is 0 Å². The van der Waals surface area contributed by atoms with Crippen molar-refractivity contribution in [2.75, 3.05) is 14.1 Å². The maximum Gasteiger partial charge on any atom is 0.317 e. The highest BCUT2D eigenvalue weighted by atomic mass is 35.5. The molecular weight excluding hydrogens is 370 g/mol. The second-order valence-electron chi connectivity index (χ2n) is 5.13. The molecule has 0 fully saturated rings. The number of hydrogen-bond acceptors (Lipinski definition) is 2. The molecule has 2 N–H and O–H groups in total. The van der Waals surface area contributed by atoms with Crippen LogP contribution in [0.25, 0.3) is 0 Å². The highest BCUT2D eigenvalue weighted by Gasteiger charge is 2.28. The molecule has 0 saturated heterocycles. The molecule has 0 aromatic heterocycles. The molecule has 2 atom stereocenters. The van der Waals surface area contributed by atoms with E-state index in [1.54, 1.807) is 49.5 Å². The summed E-state index contributed by atoms with van der Waals surface area (Å²) in [6.07, 6.45) is 0. The van der Waals surface area contributed by atoms with Gasteiger partial charge in [0.2, 0.25) is 8.03 Å². The smallest absolute Gasteiger partial charge is 0.317 e. The number of carbonyl (C=O) groups is 1. The van der Waals surface area contributed by atoms with Crippen LogP contribution < -0.4 is 10.6 Å². The van der Waals surface area contributed by atoms with Crippen LogP contribution in [0.2, 0.25) is 10.0 Å². The van der Waals surface area contributed by atoms with Crippen molar-refractivity contribution in [3.05, 3.63) is 63.6 Å². The second-order valence-corrected chi connectivity index (χ2v) is 7.12. The van der Waals surface area contributed by atoms with Crippen molar-refractivity contribution in [3.8, 4) is 0 Å². The summed E-state index contributed by atoms with van der Waals surface area (Å²) in [5.41, 5.74) is 1.15. The molecule has 0 spiro atoms. The van der Waals surface area contributed by atoms with Crippen molar-refractivity contribution in [1.82, 2.24) is 10.2 Å². The molecule has 0 aliphatic rings. The average molecular weight is 387 g/mol. The fourth-order valence-electron chi connectivity index (χ4n) is 2.53. The van der Waals surface area contributed by atoms with E-state index in [1.807, 2.05) is 0 Å². The molecule has 0 radical (unpaired) electrons. The summed E-state index contributed by atoms with van der Waals surface area (Å²) >= 11 is 12.3. The Balaban J connectivity index is 2.68. The Labute approximate surface area is 151 Å². The Morgan fingerprint density at radius 1 is 1.21 bits per heavy atom. The van der Waals surface area contributed by atoms with Crippen LogP contribution in [-0.4, -0.2) is 29.9 Å². The first-order valence-corrected chi connectivity index (χ1v) is 9.19. The second kappa shape index (κ2) is 8.04. The summed E-state index contributed by atoms with van der Waals surface area (Å²) in [7, 11) is 0.154. The number of benzene rings is 2. The highest BCUT2D eigenvalue weighted by Crippen LogP contribution is 2.35. The van der Waals surface area contributed by atoms with Gasteiger partial charge in [-0.2, -0.15) is 0 Å². The van der Waals surface area contributed by atoms with Crippen LogP contribution in [0.15, 0.2) is 42.5 Å². The molecule has 0 bridgehead atoms. The number of nitrogens with zero attached hydrogens (tertiary/aromatic N) is 1. The van der Waals surface area contributed by atoms with Crippen molar-refractivity contribution in [3.63, 3.8) is 0 Å². The number of carbonyl (C=O) groups excluding carboxylic acids is 1. The van der Waals surface area contributed by atoms with Gasteiger partial charge in [0.25, 0.3) is 0 Å². The number of hydrogen-bond donors (Lipinski definition) is 2. The Kier molecular flexibility index (Phi) is 6.30. The summed E-state index contributed by atoms with van der Waals surface area (Å²) in [6.45, 7) is 0. The molecule has 0 aliphatic heterocycles. The van der Waals surface area contributed by atoms with Crippen molar-refractivity contribution in [2.45, 2.75) is 6.04 Å². The molecular formula is C16H17Cl2N2O3P. The lowest BCUT2D eigenvalue weighted by Gasteiger charge is -2.30. The molecule has 0 heterocycles. The highest BCUT2D eigenvalue weighted by molar-refractivity contribution is 7.47. The minimum absolute atomic E-state index is 0.286. The molecule has 0 aliphatic carbocycles. The molecule has 2 aromatic rings. The van der Waals surface area contributed by atoms with E-state index >= 15 is 0 Å². The molecule has 0 saturated carbocycles. The number of urea groups is 1. The Hall–Kier alpha value is -1.52. The fraction of sp³-hybridized carbons (Fsp3) is 0.188. The van der Waals surface area contributed by atoms with Crippen molar-refractivity contribution in [2.24, 2.45) is 0 Å². The van der Waals surface area contributed by atoms with E-state index < -0.39 is 14.1 Å². The third-order valence-corrected chi connectivity index (χ3v) is 5.14. The van der Waals surface area contributed by atoms with Crippen LogP contribution in [-0.2, 0) is 4.57 Å². The lowest BCUT2D eigenvalue weighted by Crippen LogP contribution is -2.39. The van der Waals surface area contributed by atoms with Crippen LogP contribution in [0, 0.1) is 0 Å². The van der Waals surface area contributed by atoms with Crippen molar-refractivity contribution >= 4 is 42.6 Å². The first-order chi connectivity index (χ1) is 11.4. The van der Waals surface area contributed by atoms with Crippen LogP contribution in [0.1, 0.15) is 17.2 Å². The number of amides is 2. The van der Waals surface area contributed by atoms with Gasteiger partial charge >= 0.3 is 6.03 Å². The summed E-state index contributed by atoms with van der Waals surface area (Å²) in [4.78, 5) is 23.3. The van der Waals surface area contributed by atoms with Crippen LogP contribution in [0.3, 0.4) is 0 Å². The van der Waals surface area contributed by atoms with Gasteiger partial charge in [0, 0.05) is 29.4 Å². The van der Waals surface area contributed by atoms with Crippen LogP contribution in [0.4, 0.5) is 4.79 Å². The molecule has 2 aromatic carbocycles. The largest absolute Gasteiger partial charge is 0.343 e. The van der Waals surface area contributed by atoms with E-state index in [1.165, 1.54) is 11.9 Å². The third kappa shape index (κ3) is 3.93. The zero-order chi connectivity index (χ0) is 17.9.